The van der Waals surface area contributed by atoms with Crippen molar-refractivity contribution < 1.29 is 4.79 Å². The molecule has 0 bridgehead atoms. The SMILES string of the molecule is Cc1cc(Cl)cc(Cl)c1N(C)C(=O)N=C(N)N.Cl. The van der Waals surface area contributed by atoms with Crippen molar-refractivity contribution in [3.8, 4) is 0 Å². The third kappa shape index (κ3) is 3.94. The number of anilines is 1. The smallest absolute Gasteiger partial charge is 0.351 e. The maximum Gasteiger partial charge on any atom is 0.351 e. The van der Waals surface area contributed by atoms with Gasteiger partial charge in [0.25, 0.3) is 0 Å². The van der Waals surface area contributed by atoms with Gasteiger partial charge in [0, 0.05) is 12.1 Å². The number of halogens is 3. The molecule has 1 aromatic carbocycles. The number of urea groups is 1. The van der Waals surface area contributed by atoms with Crippen LogP contribution in [-0.2, 0) is 0 Å². The number of amides is 2. The molecule has 2 amide bonds. The van der Waals surface area contributed by atoms with E-state index in [0.717, 1.165) is 5.56 Å². The summed E-state index contributed by atoms with van der Waals surface area (Å²) >= 11 is 11.9. The normalized spacial score (nSPS) is 9.33. The molecule has 0 saturated carbocycles. The first-order valence-electron chi connectivity index (χ1n) is 4.66. The van der Waals surface area contributed by atoms with Crippen LogP contribution in [0.3, 0.4) is 0 Å². The largest absolute Gasteiger partial charge is 0.370 e. The molecule has 5 nitrogen and oxygen atoms in total. The number of benzene rings is 1. The molecule has 0 radical (unpaired) electrons. The number of nitrogens with two attached hydrogens (primary N) is 2. The number of carbonyl (C=O) groups excluding carboxylic acids is 1. The van der Waals surface area contributed by atoms with Crippen molar-refractivity contribution in [2.75, 3.05) is 11.9 Å². The Balaban J connectivity index is 0.00000289. The van der Waals surface area contributed by atoms with E-state index in [0.29, 0.717) is 15.7 Å². The van der Waals surface area contributed by atoms with Crippen LogP contribution >= 0.6 is 35.6 Å². The summed E-state index contributed by atoms with van der Waals surface area (Å²) in [6.45, 7) is 1.78. The van der Waals surface area contributed by atoms with Gasteiger partial charge in [-0.3, -0.25) is 4.90 Å². The molecular weight excluding hydrogens is 298 g/mol. The van der Waals surface area contributed by atoms with Crippen LogP contribution in [0, 0.1) is 6.92 Å². The van der Waals surface area contributed by atoms with Gasteiger partial charge >= 0.3 is 6.03 Å². The molecule has 0 aliphatic rings. The molecule has 0 aliphatic heterocycles. The molecule has 0 fully saturated rings. The number of aryl methyl sites for hydroxylation is 1. The Labute approximate surface area is 121 Å². The van der Waals surface area contributed by atoms with E-state index in [2.05, 4.69) is 4.99 Å². The van der Waals surface area contributed by atoms with Crippen LogP contribution in [0.25, 0.3) is 0 Å². The van der Waals surface area contributed by atoms with Crippen LogP contribution in [0.5, 0.6) is 0 Å². The Kier molecular flexibility index (Phi) is 6.25. The summed E-state index contributed by atoms with van der Waals surface area (Å²) < 4.78 is 0. The third-order valence-corrected chi connectivity index (χ3v) is 2.57. The van der Waals surface area contributed by atoms with E-state index in [1.54, 1.807) is 19.1 Å². The van der Waals surface area contributed by atoms with Crippen molar-refractivity contribution in [2.45, 2.75) is 6.92 Å². The average Bonchev–Trinajstić information content (AvgIpc) is 2.14. The Morgan fingerprint density at radius 1 is 1.33 bits per heavy atom. The highest BCUT2D eigenvalue weighted by atomic mass is 35.5. The molecule has 0 saturated heterocycles. The molecule has 1 rings (SSSR count). The Morgan fingerprint density at radius 3 is 2.33 bits per heavy atom. The standard InChI is InChI=1S/C10H12Cl2N4O.ClH/c1-5-3-6(11)4-7(12)8(5)16(2)10(17)15-9(13)14;/h3-4H,1-2H3,(H4,13,14,15,17);1H. The van der Waals surface area contributed by atoms with Gasteiger partial charge in [-0.1, -0.05) is 23.2 Å². The number of hydrogen-bond acceptors (Lipinski definition) is 1. The topological polar surface area (TPSA) is 84.7 Å². The number of carbonyl (C=O) groups is 1. The molecule has 100 valence electrons. The fraction of sp³-hybridized carbons (Fsp3) is 0.200. The minimum atomic E-state index is -0.600. The van der Waals surface area contributed by atoms with Crippen molar-refractivity contribution in [3.05, 3.63) is 27.7 Å². The molecule has 0 spiro atoms. The summed E-state index contributed by atoms with van der Waals surface area (Å²) in [4.78, 5) is 16.3. The van der Waals surface area contributed by atoms with Crippen LogP contribution in [0.2, 0.25) is 10.0 Å². The molecule has 8 heteroatoms. The molecule has 4 N–H and O–H groups in total. The van der Waals surface area contributed by atoms with Crippen LogP contribution in [0.4, 0.5) is 10.5 Å². The summed E-state index contributed by atoms with van der Waals surface area (Å²) in [5.41, 5.74) is 11.5. The van der Waals surface area contributed by atoms with Gasteiger partial charge in [-0.25, -0.2) is 4.79 Å². The lowest BCUT2D eigenvalue weighted by atomic mass is 10.2. The first kappa shape index (κ1) is 16.8. The minimum absolute atomic E-state index is 0. The third-order valence-electron chi connectivity index (χ3n) is 2.07. The van der Waals surface area contributed by atoms with E-state index in [-0.39, 0.29) is 18.4 Å². The van der Waals surface area contributed by atoms with Gasteiger partial charge in [0.1, 0.15) is 0 Å². The van der Waals surface area contributed by atoms with Gasteiger partial charge in [-0.05, 0) is 24.6 Å². The highest BCUT2D eigenvalue weighted by molar-refractivity contribution is 6.37. The maximum absolute atomic E-state index is 11.6. The molecule has 0 aromatic heterocycles. The van der Waals surface area contributed by atoms with Crippen LogP contribution in [0.1, 0.15) is 5.56 Å². The fourth-order valence-corrected chi connectivity index (χ4v) is 2.12. The number of nitrogens with zero attached hydrogens (tertiary/aromatic N) is 2. The zero-order chi connectivity index (χ0) is 13.2. The van der Waals surface area contributed by atoms with Gasteiger partial charge in [0.15, 0.2) is 5.96 Å². The summed E-state index contributed by atoms with van der Waals surface area (Å²) in [5.74, 6) is -0.301. The van der Waals surface area contributed by atoms with Crippen molar-refractivity contribution in [1.29, 1.82) is 0 Å². The number of rotatable bonds is 1. The zero-order valence-electron chi connectivity index (χ0n) is 9.78. The Hall–Kier alpha value is -1.17. The highest BCUT2D eigenvalue weighted by Gasteiger charge is 2.16. The van der Waals surface area contributed by atoms with Gasteiger partial charge in [-0.15, -0.1) is 12.4 Å². The average molecular weight is 312 g/mol. The van der Waals surface area contributed by atoms with Crippen LogP contribution in [0.15, 0.2) is 17.1 Å². The van der Waals surface area contributed by atoms with E-state index in [1.807, 2.05) is 0 Å². The quantitative estimate of drug-likeness (QED) is 0.617. The first-order valence-corrected chi connectivity index (χ1v) is 5.41. The second kappa shape index (κ2) is 6.68. The first-order chi connectivity index (χ1) is 7.82. The summed E-state index contributed by atoms with van der Waals surface area (Å²) in [5, 5.41) is 0.857. The number of aliphatic imine (C=N–C) groups is 1. The highest BCUT2D eigenvalue weighted by Crippen LogP contribution is 2.32. The van der Waals surface area contributed by atoms with Crippen LogP contribution in [-0.4, -0.2) is 19.0 Å². The Morgan fingerprint density at radius 2 is 1.89 bits per heavy atom. The minimum Gasteiger partial charge on any atom is -0.370 e. The summed E-state index contributed by atoms with van der Waals surface area (Å²) in [6, 6.07) is 2.64. The predicted octanol–water partition coefficient (Wildman–Crippen LogP) is 2.55. The van der Waals surface area contributed by atoms with Crippen molar-refractivity contribution >= 4 is 53.3 Å². The van der Waals surface area contributed by atoms with Gasteiger partial charge in [-0.2, -0.15) is 4.99 Å². The van der Waals surface area contributed by atoms with Crippen molar-refractivity contribution in [3.63, 3.8) is 0 Å². The Bertz CT molecular complexity index is 463. The van der Waals surface area contributed by atoms with Crippen molar-refractivity contribution in [1.82, 2.24) is 0 Å². The summed E-state index contributed by atoms with van der Waals surface area (Å²) in [6.07, 6.45) is 0. The lowest BCUT2D eigenvalue weighted by Gasteiger charge is -2.18. The maximum atomic E-state index is 11.6. The van der Waals surface area contributed by atoms with Gasteiger partial charge in [0.05, 0.1) is 10.7 Å². The van der Waals surface area contributed by atoms with Crippen molar-refractivity contribution in [2.24, 2.45) is 16.5 Å². The predicted molar refractivity (Wildman–Crippen MR) is 78.1 cm³/mol. The molecule has 0 aliphatic carbocycles. The molecule has 18 heavy (non-hydrogen) atoms. The monoisotopic (exact) mass is 310 g/mol. The van der Waals surface area contributed by atoms with E-state index in [4.69, 9.17) is 34.7 Å². The molecule has 1 aromatic rings. The van der Waals surface area contributed by atoms with E-state index in [1.165, 1.54) is 11.9 Å². The lowest BCUT2D eigenvalue weighted by Crippen LogP contribution is -2.30. The number of hydrogen-bond donors (Lipinski definition) is 2. The van der Waals surface area contributed by atoms with E-state index < -0.39 is 6.03 Å². The number of guanidine groups is 1. The molecule has 0 unspecified atom stereocenters. The van der Waals surface area contributed by atoms with Gasteiger partial charge < -0.3 is 11.5 Å². The fourth-order valence-electron chi connectivity index (χ4n) is 1.40. The molecule has 0 atom stereocenters. The molecular formula is C10H13Cl3N4O. The zero-order valence-corrected chi connectivity index (χ0v) is 12.1. The van der Waals surface area contributed by atoms with Gasteiger partial charge in [0.2, 0.25) is 0 Å². The summed E-state index contributed by atoms with van der Waals surface area (Å²) in [7, 11) is 1.52. The van der Waals surface area contributed by atoms with Crippen LogP contribution < -0.4 is 16.4 Å². The molecule has 0 heterocycles. The second-order valence-corrected chi connectivity index (χ2v) is 4.28. The van der Waals surface area contributed by atoms with E-state index >= 15 is 0 Å². The second-order valence-electron chi connectivity index (χ2n) is 3.43. The van der Waals surface area contributed by atoms with E-state index in [9.17, 15) is 4.79 Å². The lowest BCUT2D eigenvalue weighted by molar-refractivity contribution is 0.255.